The molecular weight excluding hydrogens is 216 g/mol. The first-order valence-corrected chi connectivity index (χ1v) is 7.69. The molecule has 0 amide bonds. The van der Waals surface area contributed by atoms with Gasteiger partial charge in [0.25, 0.3) is 0 Å². The van der Waals surface area contributed by atoms with Gasteiger partial charge in [0.05, 0.1) is 0 Å². The molecule has 0 heteroatoms. The molecule has 0 heterocycles. The van der Waals surface area contributed by atoms with Crippen LogP contribution in [0.15, 0.2) is 36.5 Å². The summed E-state index contributed by atoms with van der Waals surface area (Å²) in [6, 6.07) is 0. The zero-order chi connectivity index (χ0) is 13.3. The Hall–Kier alpha value is -0.780. The standard InChI is InChI=1S/C18H31/c1-3-5-7-9-11-13-15-17-18-16-14-12-10-8-6-4-2/h10,12,14,16-18H,1,3-9,11,13,15H2,2H3/b12-10+,16-14+,18-17-. The van der Waals surface area contributed by atoms with E-state index in [0.29, 0.717) is 0 Å². The Bertz CT molecular complexity index is 220. The molecular formula is C18H31. The number of hydrogen-bond acceptors (Lipinski definition) is 0. The second kappa shape index (κ2) is 16.2. The number of unbranched alkanes of at least 4 members (excludes halogenated alkanes) is 8. The van der Waals surface area contributed by atoms with Crippen LogP contribution in [0, 0.1) is 6.92 Å². The lowest BCUT2D eigenvalue weighted by molar-refractivity contribution is 0.621. The van der Waals surface area contributed by atoms with E-state index in [1.807, 2.05) is 0 Å². The average molecular weight is 247 g/mol. The van der Waals surface area contributed by atoms with Gasteiger partial charge in [-0.1, -0.05) is 95.2 Å². The molecule has 0 aromatic heterocycles. The van der Waals surface area contributed by atoms with E-state index in [1.165, 1.54) is 57.8 Å². The number of allylic oxidation sites excluding steroid dienone is 6. The van der Waals surface area contributed by atoms with E-state index in [1.54, 1.807) is 0 Å². The molecule has 0 aliphatic rings. The van der Waals surface area contributed by atoms with E-state index < -0.39 is 0 Å². The lowest BCUT2D eigenvalue weighted by atomic mass is 10.1. The molecule has 103 valence electrons. The molecule has 0 N–H and O–H groups in total. The fourth-order valence-electron chi connectivity index (χ4n) is 1.77. The van der Waals surface area contributed by atoms with Gasteiger partial charge < -0.3 is 0 Å². The van der Waals surface area contributed by atoms with Gasteiger partial charge in [0, 0.05) is 0 Å². The quantitative estimate of drug-likeness (QED) is 0.276. The monoisotopic (exact) mass is 247 g/mol. The highest BCUT2D eigenvalue weighted by Gasteiger charge is 1.87. The number of rotatable bonds is 12. The fraction of sp³-hybridized carbons (Fsp3) is 0.611. The Morgan fingerprint density at radius 1 is 0.667 bits per heavy atom. The van der Waals surface area contributed by atoms with E-state index in [-0.39, 0.29) is 0 Å². The van der Waals surface area contributed by atoms with Crippen LogP contribution in [0.3, 0.4) is 0 Å². The van der Waals surface area contributed by atoms with E-state index in [4.69, 9.17) is 0 Å². The molecule has 0 bridgehead atoms. The van der Waals surface area contributed by atoms with Gasteiger partial charge in [0.15, 0.2) is 0 Å². The minimum atomic E-state index is 1.09. The Morgan fingerprint density at radius 3 is 1.83 bits per heavy atom. The highest BCUT2D eigenvalue weighted by Crippen LogP contribution is 2.06. The fourth-order valence-corrected chi connectivity index (χ4v) is 1.77. The van der Waals surface area contributed by atoms with Gasteiger partial charge in [-0.25, -0.2) is 0 Å². The van der Waals surface area contributed by atoms with Gasteiger partial charge >= 0.3 is 0 Å². The van der Waals surface area contributed by atoms with E-state index >= 15 is 0 Å². The zero-order valence-corrected chi connectivity index (χ0v) is 12.2. The molecule has 0 saturated carbocycles. The van der Waals surface area contributed by atoms with Crippen LogP contribution < -0.4 is 0 Å². The molecule has 0 aliphatic carbocycles. The Balaban J connectivity index is 3.26. The molecule has 0 aromatic carbocycles. The van der Waals surface area contributed by atoms with E-state index in [0.717, 1.165) is 6.42 Å². The summed E-state index contributed by atoms with van der Waals surface area (Å²) in [6.45, 7) is 6.09. The molecule has 0 aliphatic heterocycles. The first kappa shape index (κ1) is 17.2. The smallest absolute Gasteiger partial charge is 0.0348 e. The van der Waals surface area contributed by atoms with Gasteiger partial charge in [-0.15, -0.1) is 0 Å². The third-order valence-corrected chi connectivity index (χ3v) is 2.95. The summed E-state index contributed by atoms with van der Waals surface area (Å²) in [4.78, 5) is 0. The van der Waals surface area contributed by atoms with Gasteiger partial charge in [-0.2, -0.15) is 0 Å². The van der Waals surface area contributed by atoms with E-state index in [9.17, 15) is 0 Å². The maximum Gasteiger partial charge on any atom is -0.0348 e. The SMILES string of the molecule is [CH2]CCCCCCC\C=C/C=C/C=C/CCCC. The van der Waals surface area contributed by atoms with Crippen LogP contribution in [0.5, 0.6) is 0 Å². The molecule has 18 heavy (non-hydrogen) atoms. The Morgan fingerprint density at radius 2 is 1.22 bits per heavy atom. The number of hydrogen-bond donors (Lipinski definition) is 0. The van der Waals surface area contributed by atoms with Crippen LogP contribution in [0.25, 0.3) is 0 Å². The molecule has 1 radical (unpaired) electrons. The normalized spacial score (nSPS) is 12.3. The molecule has 0 saturated heterocycles. The molecule has 0 unspecified atom stereocenters. The van der Waals surface area contributed by atoms with Crippen LogP contribution in [0.4, 0.5) is 0 Å². The van der Waals surface area contributed by atoms with Crippen molar-refractivity contribution in [3.8, 4) is 0 Å². The van der Waals surface area contributed by atoms with Crippen LogP contribution in [-0.2, 0) is 0 Å². The first-order chi connectivity index (χ1) is 8.91. The lowest BCUT2D eigenvalue weighted by Crippen LogP contribution is -1.77. The minimum Gasteiger partial charge on any atom is -0.0845 e. The molecule has 0 nitrogen and oxygen atoms in total. The highest BCUT2D eigenvalue weighted by molar-refractivity contribution is 5.10. The van der Waals surface area contributed by atoms with Crippen LogP contribution in [-0.4, -0.2) is 0 Å². The lowest BCUT2D eigenvalue weighted by Gasteiger charge is -1.97. The minimum absolute atomic E-state index is 1.09. The van der Waals surface area contributed by atoms with Crippen molar-refractivity contribution >= 4 is 0 Å². The van der Waals surface area contributed by atoms with Crippen molar-refractivity contribution in [2.45, 2.75) is 71.1 Å². The average Bonchev–Trinajstić information content (AvgIpc) is 2.39. The summed E-state index contributed by atoms with van der Waals surface area (Å²) < 4.78 is 0. The van der Waals surface area contributed by atoms with Crippen molar-refractivity contribution in [3.05, 3.63) is 43.4 Å². The maximum absolute atomic E-state index is 3.86. The second-order valence-electron chi connectivity index (χ2n) is 4.79. The zero-order valence-electron chi connectivity index (χ0n) is 12.2. The van der Waals surface area contributed by atoms with Gasteiger partial charge in [-0.05, 0) is 19.3 Å². The summed E-state index contributed by atoms with van der Waals surface area (Å²) in [5.41, 5.74) is 0. The predicted molar refractivity (Wildman–Crippen MR) is 84.6 cm³/mol. The summed E-state index contributed by atoms with van der Waals surface area (Å²) in [7, 11) is 0. The Kier molecular flexibility index (Phi) is 15.5. The highest BCUT2D eigenvalue weighted by atomic mass is 13.9. The van der Waals surface area contributed by atoms with Crippen molar-refractivity contribution in [1.29, 1.82) is 0 Å². The maximum atomic E-state index is 3.86. The topological polar surface area (TPSA) is 0 Å². The Labute approximate surface area is 115 Å². The summed E-state index contributed by atoms with van der Waals surface area (Å²) in [6.07, 6.45) is 25.9. The summed E-state index contributed by atoms with van der Waals surface area (Å²) in [5.74, 6) is 0. The predicted octanol–water partition coefficient (Wildman–Crippen LogP) is 6.41. The third kappa shape index (κ3) is 15.2. The van der Waals surface area contributed by atoms with Crippen LogP contribution in [0.1, 0.15) is 71.1 Å². The van der Waals surface area contributed by atoms with Crippen LogP contribution in [0.2, 0.25) is 0 Å². The van der Waals surface area contributed by atoms with Crippen molar-refractivity contribution in [3.63, 3.8) is 0 Å². The van der Waals surface area contributed by atoms with Gasteiger partial charge in [0.2, 0.25) is 0 Å². The van der Waals surface area contributed by atoms with E-state index in [2.05, 4.69) is 50.3 Å². The summed E-state index contributed by atoms with van der Waals surface area (Å²) >= 11 is 0. The molecule has 0 atom stereocenters. The molecule has 0 rings (SSSR count). The molecule has 0 spiro atoms. The first-order valence-electron chi connectivity index (χ1n) is 7.69. The van der Waals surface area contributed by atoms with Crippen molar-refractivity contribution in [2.75, 3.05) is 0 Å². The summed E-state index contributed by atoms with van der Waals surface area (Å²) in [5, 5.41) is 0. The second-order valence-corrected chi connectivity index (χ2v) is 4.79. The van der Waals surface area contributed by atoms with Gasteiger partial charge in [-0.3, -0.25) is 0 Å². The van der Waals surface area contributed by atoms with Crippen molar-refractivity contribution in [1.82, 2.24) is 0 Å². The largest absolute Gasteiger partial charge is 0.0845 e. The van der Waals surface area contributed by atoms with Crippen molar-refractivity contribution < 1.29 is 0 Å². The van der Waals surface area contributed by atoms with Crippen LogP contribution >= 0.6 is 0 Å². The van der Waals surface area contributed by atoms with Crippen molar-refractivity contribution in [2.24, 2.45) is 0 Å². The van der Waals surface area contributed by atoms with Gasteiger partial charge in [0.1, 0.15) is 0 Å². The molecule has 0 aromatic rings. The third-order valence-electron chi connectivity index (χ3n) is 2.95. The molecule has 0 fully saturated rings.